The largest absolute Gasteiger partial charge is 0.497 e. The number of fused-ring (bicyclic) bond motifs is 1. The van der Waals surface area contributed by atoms with Crippen LogP contribution in [0.5, 0.6) is 11.5 Å². The maximum absolute atomic E-state index is 5.33. The van der Waals surface area contributed by atoms with Gasteiger partial charge in [-0.25, -0.2) is 0 Å². The molecule has 0 unspecified atom stereocenters. The molecular formula is C12H15NO3. The molecule has 16 heavy (non-hydrogen) atoms. The van der Waals surface area contributed by atoms with Crippen LogP contribution >= 0.6 is 0 Å². The molecule has 0 aliphatic carbocycles. The van der Waals surface area contributed by atoms with Crippen LogP contribution in [0.25, 0.3) is 10.9 Å². The SMILES string of the molecule is COCn1ccc2c(OC)cc(OC)cc21. The van der Waals surface area contributed by atoms with Crippen LogP contribution in [-0.2, 0) is 11.5 Å². The van der Waals surface area contributed by atoms with Crippen molar-refractivity contribution in [2.24, 2.45) is 0 Å². The van der Waals surface area contributed by atoms with E-state index in [4.69, 9.17) is 14.2 Å². The van der Waals surface area contributed by atoms with Gasteiger partial charge in [0.05, 0.1) is 19.7 Å². The quantitative estimate of drug-likeness (QED) is 0.793. The fourth-order valence-corrected chi connectivity index (χ4v) is 1.78. The second kappa shape index (κ2) is 4.45. The second-order valence-electron chi connectivity index (χ2n) is 3.47. The molecule has 0 aliphatic heterocycles. The van der Waals surface area contributed by atoms with Gasteiger partial charge < -0.3 is 18.8 Å². The van der Waals surface area contributed by atoms with Crippen LogP contribution < -0.4 is 9.47 Å². The Kier molecular flexibility index (Phi) is 3.01. The Morgan fingerprint density at radius 2 is 1.94 bits per heavy atom. The van der Waals surface area contributed by atoms with Crippen molar-refractivity contribution in [3.05, 3.63) is 24.4 Å². The molecule has 1 aromatic carbocycles. The lowest BCUT2D eigenvalue weighted by Gasteiger charge is -2.08. The van der Waals surface area contributed by atoms with Crippen LogP contribution in [0.1, 0.15) is 0 Å². The van der Waals surface area contributed by atoms with Crippen LogP contribution in [0.4, 0.5) is 0 Å². The minimum Gasteiger partial charge on any atom is -0.497 e. The van der Waals surface area contributed by atoms with Crippen molar-refractivity contribution in [2.75, 3.05) is 21.3 Å². The van der Waals surface area contributed by atoms with Crippen molar-refractivity contribution in [3.8, 4) is 11.5 Å². The van der Waals surface area contributed by atoms with Gasteiger partial charge in [0.25, 0.3) is 0 Å². The Morgan fingerprint density at radius 3 is 2.56 bits per heavy atom. The number of rotatable bonds is 4. The van der Waals surface area contributed by atoms with Crippen LogP contribution in [-0.4, -0.2) is 25.9 Å². The van der Waals surface area contributed by atoms with E-state index in [-0.39, 0.29) is 0 Å². The van der Waals surface area contributed by atoms with E-state index in [2.05, 4.69) is 0 Å². The summed E-state index contributed by atoms with van der Waals surface area (Å²) in [5.41, 5.74) is 1.04. The molecule has 4 heteroatoms. The van der Waals surface area contributed by atoms with Crippen molar-refractivity contribution in [3.63, 3.8) is 0 Å². The first kappa shape index (κ1) is 10.8. The summed E-state index contributed by atoms with van der Waals surface area (Å²) in [6, 6.07) is 5.85. The van der Waals surface area contributed by atoms with E-state index in [0.29, 0.717) is 6.73 Å². The van der Waals surface area contributed by atoms with Gasteiger partial charge in [-0.2, -0.15) is 0 Å². The summed E-state index contributed by atoms with van der Waals surface area (Å²) in [6.45, 7) is 0.514. The number of methoxy groups -OCH3 is 3. The molecule has 0 N–H and O–H groups in total. The second-order valence-corrected chi connectivity index (χ2v) is 3.47. The molecule has 0 atom stereocenters. The zero-order valence-electron chi connectivity index (χ0n) is 9.69. The molecule has 0 amide bonds. The summed E-state index contributed by atoms with van der Waals surface area (Å²) in [4.78, 5) is 0. The number of ether oxygens (including phenoxy) is 3. The summed E-state index contributed by atoms with van der Waals surface area (Å²) in [5.74, 6) is 1.59. The molecule has 1 heterocycles. The molecule has 0 radical (unpaired) electrons. The van der Waals surface area contributed by atoms with E-state index >= 15 is 0 Å². The molecule has 4 nitrogen and oxygen atoms in total. The fourth-order valence-electron chi connectivity index (χ4n) is 1.78. The van der Waals surface area contributed by atoms with E-state index < -0.39 is 0 Å². The lowest BCUT2D eigenvalue weighted by molar-refractivity contribution is 0.135. The van der Waals surface area contributed by atoms with Gasteiger partial charge in [-0.1, -0.05) is 0 Å². The van der Waals surface area contributed by atoms with Crippen molar-refractivity contribution in [1.29, 1.82) is 0 Å². The Labute approximate surface area is 94.3 Å². The van der Waals surface area contributed by atoms with E-state index in [0.717, 1.165) is 22.4 Å². The summed E-state index contributed by atoms with van der Waals surface area (Å²) in [5, 5.41) is 1.06. The van der Waals surface area contributed by atoms with Gasteiger partial charge in [0, 0.05) is 30.8 Å². The third-order valence-electron chi connectivity index (χ3n) is 2.55. The predicted octanol–water partition coefficient (Wildman–Crippen LogP) is 2.26. The highest BCUT2D eigenvalue weighted by Gasteiger charge is 2.08. The first-order chi connectivity index (χ1) is 7.80. The number of nitrogens with zero attached hydrogens (tertiary/aromatic N) is 1. The zero-order chi connectivity index (χ0) is 11.5. The van der Waals surface area contributed by atoms with Gasteiger partial charge in [-0.05, 0) is 6.07 Å². The molecule has 86 valence electrons. The number of hydrogen-bond donors (Lipinski definition) is 0. The molecule has 0 saturated carbocycles. The van der Waals surface area contributed by atoms with Crippen molar-refractivity contribution in [2.45, 2.75) is 6.73 Å². The summed E-state index contributed by atoms with van der Waals surface area (Å²) in [7, 11) is 4.97. The van der Waals surface area contributed by atoms with Gasteiger partial charge in [0.1, 0.15) is 18.2 Å². The van der Waals surface area contributed by atoms with Gasteiger partial charge in [0.2, 0.25) is 0 Å². The first-order valence-corrected chi connectivity index (χ1v) is 5.00. The lowest BCUT2D eigenvalue weighted by atomic mass is 10.2. The highest BCUT2D eigenvalue weighted by Crippen LogP contribution is 2.31. The molecule has 0 bridgehead atoms. The van der Waals surface area contributed by atoms with Crippen LogP contribution in [0.3, 0.4) is 0 Å². The van der Waals surface area contributed by atoms with Crippen LogP contribution in [0.2, 0.25) is 0 Å². The van der Waals surface area contributed by atoms with E-state index in [1.807, 2.05) is 29.0 Å². The van der Waals surface area contributed by atoms with Crippen LogP contribution in [0, 0.1) is 0 Å². The topological polar surface area (TPSA) is 32.6 Å². The summed E-state index contributed by atoms with van der Waals surface area (Å²) in [6.07, 6.45) is 1.97. The zero-order valence-corrected chi connectivity index (χ0v) is 9.69. The average Bonchev–Trinajstić information content (AvgIpc) is 2.72. The highest BCUT2D eigenvalue weighted by atomic mass is 16.5. The highest BCUT2D eigenvalue weighted by molar-refractivity contribution is 5.88. The Hall–Kier alpha value is -1.68. The monoisotopic (exact) mass is 221 g/mol. The maximum Gasteiger partial charge on any atom is 0.131 e. The normalized spacial score (nSPS) is 10.7. The van der Waals surface area contributed by atoms with Gasteiger partial charge >= 0.3 is 0 Å². The summed E-state index contributed by atoms with van der Waals surface area (Å²) >= 11 is 0. The average molecular weight is 221 g/mol. The lowest BCUT2D eigenvalue weighted by Crippen LogP contribution is -1.98. The number of aromatic nitrogens is 1. The predicted molar refractivity (Wildman–Crippen MR) is 62.1 cm³/mol. The van der Waals surface area contributed by atoms with Gasteiger partial charge in [-0.15, -0.1) is 0 Å². The first-order valence-electron chi connectivity index (χ1n) is 5.00. The van der Waals surface area contributed by atoms with E-state index in [1.54, 1.807) is 21.3 Å². The van der Waals surface area contributed by atoms with E-state index in [1.165, 1.54) is 0 Å². The smallest absolute Gasteiger partial charge is 0.131 e. The molecular weight excluding hydrogens is 206 g/mol. The maximum atomic E-state index is 5.33. The standard InChI is InChI=1S/C12H15NO3/c1-14-8-13-5-4-10-11(13)6-9(15-2)7-12(10)16-3/h4-7H,8H2,1-3H3. The summed E-state index contributed by atoms with van der Waals surface area (Å²) < 4.78 is 17.7. The minimum absolute atomic E-state index is 0.514. The molecule has 0 aliphatic rings. The molecule has 1 aromatic heterocycles. The van der Waals surface area contributed by atoms with Crippen molar-refractivity contribution >= 4 is 10.9 Å². The van der Waals surface area contributed by atoms with Gasteiger partial charge in [0.15, 0.2) is 0 Å². The molecule has 0 spiro atoms. The third kappa shape index (κ3) is 1.72. The number of benzene rings is 1. The Morgan fingerprint density at radius 1 is 1.12 bits per heavy atom. The number of hydrogen-bond acceptors (Lipinski definition) is 3. The Balaban J connectivity index is 2.62. The van der Waals surface area contributed by atoms with Crippen LogP contribution in [0.15, 0.2) is 24.4 Å². The molecule has 2 aromatic rings. The van der Waals surface area contributed by atoms with Gasteiger partial charge in [-0.3, -0.25) is 0 Å². The third-order valence-corrected chi connectivity index (χ3v) is 2.55. The van der Waals surface area contributed by atoms with Crippen molar-refractivity contribution in [1.82, 2.24) is 4.57 Å². The molecule has 0 fully saturated rings. The van der Waals surface area contributed by atoms with E-state index in [9.17, 15) is 0 Å². The minimum atomic E-state index is 0.514. The fraction of sp³-hybridized carbons (Fsp3) is 0.333. The Bertz CT molecular complexity index is 490. The molecule has 2 rings (SSSR count). The molecule has 0 saturated heterocycles. The van der Waals surface area contributed by atoms with Crippen molar-refractivity contribution < 1.29 is 14.2 Å².